The van der Waals surface area contributed by atoms with Crippen molar-refractivity contribution in [1.29, 1.82) is 0 Å². The first-order chi connectivity index (χ1) is 4.46. The molecule has 1 aliphatic rings. The van der Waals surface area contributed by atoms with Crippen molar-refractivity contribution in [2.24, 2.45) is 11.3 Å². The summed E-state index contributed by atoms with van der Waals surface area (Å²) in [7, 11) is 0. The van der Waals surface area contributed by atoms with Crippen molar-refractivity contribution in [3.63, 3.8) is 0 Å². The summed E-state index contributed by atoms with van der Waals surface area (Å²) >= 11 is 3.54. The molecule has 0 saturated heterocycles. The molecule has 1 nitrogen and oxygen atoms in total. The largest absolute Gasteiger partial charge is 0.300 e. The molecule has 0 radical (unpaired) electrons. The lowest BCUT2D eigenvalue weighted by Crippen LogP contribution is -2.48. The number of ketones is 1. The van der Waals surface area contributed by atoms with Gasteiger partial charge in [0, 0.05) is 10.7 Å². The average molecular weight is 205 g/mol. The second-order valence-electron chi connectivity index (χ2n) is 3.69. The van der Waals surface area contributed by atoms with Crippen molar-refractivity contribution in [2.75, 3.05) is 0 Å². The molecular formula is C8H13BrO. The molecule has 0 aromatic rings. The highest BCUT2D eigenvalue weighted by molar-refractivity contribution is 9.09. The lowest BCUT2D eigenvalue weighted by Gasteiger charge is -2.48. The van der Waals surface area contributed by atoms with Gasteiger partial charge in [-0.2, -0.15) is 0 Å². The number of carbonyl (C=O) groups excluding carboxylic acids is 1. The fourth-order valence-corrected chi connectivity index (χ4v) is 2.25. The predicted octanol–water partition coefficient (Wildman–Crippen LogP) is 2.39. The van der Waals surface area contributed by atoms with Gasteiger partial charge in [-0.05, 0) is 18.8 Å². The number of hydrogen-bond donors (Lipinski definition) is 0. The van der Waals surface area contributed by atoms with E-state index in [9.17, 15) is 4.79 Å². The minimum absolute atomic E-state index is 0.186. The highest BCUT2D eigenvalue weighted by Gasteiger charge is 2.48. The van der Waals surface area contributed by atoms with Gasteiger partial charge in [-0.25, -0.2) is 0 Å². The van der Waals surface area contributed by atoms with E-state index in [1.54, 1.807) is 6.92 Å². The van der Waals surface area contributed by atoms with Crippen LogP contribution in [0.4, 0.5) is 0 Å². The fraction of sp³-hybridized carbons (Fsp3) is 0.875. The van der Waals surface area contributed by atoms with Crippen molar-refractivity contribution in [1.82, 2.24) is 0 Å². The van der Waals surface area contributed by atoms with Crippen LogP contribution in [0.1, 0.15) is 27.2 Å². The molecule has 0 N–H and O–H groups in total. The third kappa shape index (κ3) is 1.03. The summed E-state index contributed by atoms with van der Waals surface area (Å²) in [6.45, 7) is 5.97. The van der Waals surface area contributed by atoms with Crippen LogP contribution in [0.25, 0.3) is 0 Å². The molecule has 0 aromatic heterocycles. The van der Waals surface area contributed by atoms with Crippen molar-refractivity contribution in [3.8, 4) is 0 Å². The maximum Gasteiger partial charge on any atom is 0.133 e. The highest BCUT2D eigenvalue weighted by Crippen LogP contribution is 2.50. The first-order valence-electron chi connectivity index (χ1n) is 3.60. The van der Waals surface area contributed by atoms with Gasteiger partial charge in [-0.3, -0.25) is 4.79 Å². The van der Waals surface area contributed by atoms with E-state index >= 15 is 0 Å². The molecule has 1 rings (SSSR count). The van der Waals surface area contributed by atoms with E-state index in [0.29, 0.717) is 10.6 Å². The molecule has 1 fully saturated rings. The van der Waals surface area contributed by atoms with Gasteiger partial charge in [0.1, 0.15) is 5.78 Å². The van der Waals surface area contributed by atoms with Crippen molar-refractivity contribution >= 4 is 21.7 Å². The van der Waals surface area contributed by atoms with Gasteiger partial charge >= 0.3 is 0 Å². The Morgan fingerprint density at radius 3 is 2.20 bits per heavy atom. The molecule has 0 amide bonds. The molecule has 0 spiro atoms. The molecule has 2 heteroatoms. The molecule has 2 atom stereocenters. The standard InChI is InChI=1S/C8H13BrO/c1-5(10)6-4-7(9)8(6,2)3/h6-7H,4H2,1-3H3/t6-,7?/m1/s1. The Labute approximate surface area is 70.3 Å². The normalized spacial score (nSPS) is 36.8. The third-order valence-corrected chi connectivity index (χ3v) is 4.19. The van der Waals surface area contributed by atoms with E-state index in [0.717, 1.165) is 6.42 Å². The Balaban J connectivity index is 2.63. The van der Waals surface area contributed by atoms with E-state index in [1.165, 1.54) is 0 Å². The first kappa shape index (κ1) is 8.25. The minimum atomic E-state index is 0.186. The van der Waals surface area contributed by atoms with E-state index in [4.69, 9.17) is 0 Å². The molecule has 1 saturated carbocycles. The van der Waals surface area contributed by atoms with E-state index < -0.39 is 0 Å². The summed E-state index contributed by atoms with van der Waals surface area (Å²) in [5, 5.41) is 0. The van der Waals surface area contributed by atoms with Gasteiger partial charge in [0.05, 0.1) is 0 Å². The van der Waals surface area contributed by atoms with Gasteiger partial charge in [0.15, 0.2) is 0 Å². The van der Waals surface area contributed by atoms with E-state index in [1.807, 2.05) is 0 Å². The Hall–Kier alpha value is 0.150. The maximum absolute atomic E-state index is 11.0. The van der Waals surface area contributed by atoms with Crippen LogP contribution < -0.4 is 0 Å². The number of alkyl halides is 1. The van der Waals surface area contributed by atoms with Crippen LogP contribution in [0, 0.1) is 11.3 Å². The topological polar surface area (TPSA) is 17.1 Å². The lowest BCUT2D eigenvalue weighted by atomic mass is 9.61. The molecule has 0 aromatic carbocycles. The zero-order valence-electron chi connectivity index (χ0n) is 6.65. The molecule has 58 valence electrons. The molecular weight excluding hydrogens is 192 g/mol. The Bertz CT molecular complexity index is 163. The van der Waals surface area contributed by atoms with Crippen LogP contribution >= 0.6 is 15.9 Å². The second-order valence-corrected chi connectivity index (χ2v) is 4.79. The monoisotopic (exact) mass is 204 g/mol. The number of carbonyl (C=O) groups is 1. The number of Topliss-reactive ketones (excluding diaryl/α,β-unsaturated/α-hetero) is 1. The zero-order valence-corrected chi connectivity index (χ0v) is 8.23. The Morgan fingerprint density at radius 1 is 1.60 bits per heavy atom. The van der Waals surface area contributed by atoms with Gasteiger partial charge < -0.3 is 0 Å². The summed E-state index contributed by atoms with van der Waals surface area (Å²) in [6.07, 6.45) is 1.02. The van der Waals surface area contributed by atoms with E-state index in [2.05, 4.69) is 29.8 Å². The minimum Gasteiger partial charge on any atom is -0.300 e. The third-order valence-electron chi connectivity index (χ3n) is 2.64. The van der Waals surface area contributed by atoms with Crippen LogP contribution in [0.2, 0.25) is 0 Å². The quantitative estimate of drug-likeness (QED) is 0.600. The highest BCUT2D eigenvalue weighted by atomic mass is 79.9. The summed E-state index contributed by atoms with van der Waals surface area (Å²) < 4.78 is 0. The van der Waals surface area contributed by atoms with Gasteiger partial charge in [0.2, 0.25) is 0 Å². The predicted molar refractivity (Wildman–Crippen MR) is 45.3 cm³/mol. The van der Waals surface area contributed by atoms with Gasteiger partial charge in [-0.15, -0.1) is 0 Å². The second kappa shape index (κ2) is 2.33. The summed E-state index contributed by atoms with van der Waals surface area (Å²) in [5.41, 5.74) is 0.186. The fourth-order valence-electron chi connectivity index (χ4n) is 1.56. The zero-order chi connectivity index (χ0) is 7.94. The number of rotatable bonds is 1. The van der Waals surface area contributed by atoms with Crippen LogP contribution in [0.5, 0.6) is 0 Å². The summed E-state index contributed by atoms with van der Waals surface area (Å²) in [5.74, 6) is 0.623. The molecule has 1 aliphatic carbocycles. The van der Waals surface area contributed by atoms with Crippen molar-refractivity contribution < 1.29 is 4.79 Å². The van der Waals surface area contributed by atoms with Gasteiger partial charge in [-0.1, -0.05) is 29.8 Å². The van der Waals surface area contributed by atoms with Gasteiger partial charge in [0.25, 0.3) is 0 Å². The lowest BCUT2D eigenvalue weighted by molar-refractivity contribution is -0.128. The van der Waals surface area contributed by atoms with Crippen molar-refractivity contribution in [2.45, 2.75) is 32.0 Å². The maximum atomic E-state index is 11.0. The van der Waals surface area contributed by atoms with Crippen LogP contribution in [-0.2, 0) is 4.79 Å². The molecule has 0 aliphatic heterocycles. The first-order valence-corrected chi connectivity index (χ1v) is 4.52. The summed E-state index contributed by atoms with van der Waals surface area (Å²) in [4.78, 5) is 11.5. The molecule has 10 heavy (non-hydrogen) atoms. The summed E-state index contributed by atoms with van der Waals surface area (Å²) in [6, 6.07) is 0. The van der Waals surface area contributed by atoms with Crippen LogP contribution in [-0.4, -0.2) is 10.6 Å². The average Bonchev–Trinajstić information content (AvgIpc) is 1.82. The smallest absolute Gasteiger partial charge is 0.133 e. The SMILES string of the molecule is CC(=O)[C@H]1CC(Br)C1(C)C. The van der Waals surface area contributed by atoms with Crippen LogP contribution in [0.3, 0.4) is 0 Å². The van der Waals surface area contributed by atoms with Crippen LogP contribution in [0.15, 0.2) is 0 Å². The Kier molecular flexibility index (Phi) is 1.92. The molecule has 1 unspecified atom stereocenters. The van der Waals surface area contributed by atoms with E-state index in [-0.39, 0.29) is 11.3 Å². The molecule has 0 bridgehead atoms. The Morgan fingerprint density at radius 2 is 2.10 bits per heavy atom. The number of halogens is 1. The molecule has 0 heterocycles. The van der Waals surface area contributed by atoms with Crippen molar-refractivity contribution in [3.05, 3.63) is 0 Å². The number of hydrogen-bond acceptors (Lipinski definition) is 1.